The molecule has 3 heterocycles. The van der Waals surface area contributed by atoms with Crippen LogP contribution in [-0.4, -0.2) is 17.6 Å². The van der Waals surface area contributed by atoms with Crippen LogP contribution in [0.15, 0.2) is 78.3 Å². The molecule has 31 heavy (non-hydrogen) atoms. The number of nitrogens with one attached hydrogen (secondary N) is 2. The molecule has 1 aromatic heterocycles. The highest BCUT2D eigenvalue weighted by atomic mass is 16.7. The van der Waals surface area contributed by atoms with Gasteiger partial charge in [-0.1, -0.05) is 18.2 Å². The molecule has 6 heteroatoms. The third-order valence-electron chi connectivity index (χ3n) is 6.22. The summed E-state index contributed by atoms with van der Waals surface area (Å²) < 4.78 is 11.0. The maximum absolute atomic E-state index is 13.5. The summed E-state index contributed by atoms with van der Waals surface area (Å²) in [5, 5.41) is 7.16. The van der Waals surface area contributed by atoms with Gasteiger partial charge in [-0.3, -0.25) is 9.78 Å². The molecule has 154 valence electrons. The van der Waals surface area contributed by atoms with Gasteiger partial charge in [0.25, 0.3) is 0 Å². The lowest BCUT2D eigenvalue weighted by Crippen LogP contribution is -2.26. The molecular formula is C25H21N3O3. The smallest absolute Gasteiger partial charge is 0.231 e. The molecule has 3 aliphatic rings. The van der Waals surface area contributed by atoms with Crippen molar-refractivity contribution in [2.75, 3.05) is 17.4 Å². The largest absolute Gasteiger partial charge is 0.454 e. The molecule has 1 aliphatic carbocycles. The lowest BCUT2D eigenvalue weighted by atomic mass is 9.78. The van der Waals surface area contributed by atoms with Gasteiger partial charge in [0.15, 0.2) is 17.3 Å². The summed E-state index contributed by atoms with van der Waals surface area (Å²) in [4.78, 5) is 17.7. The molecule has 0 fully saturated rings. The average molecular weight is 411 g/mol. The van der Waals surface area contributed by atoms with E-state index in [-0.39, 0.29) is 24.5 Å². The van der Waals surface area contributed by atoms with Crippen molar-refractivity contribution in [3.05, 3.63) is 89.4 Å². The Bertz CT molecular complexity index is 1210. The molecule has 0 saturated carbocycles. The van der Waals surface area contributed by atoms with Crippen molar-refractivity contribution >= 4 is 17.2 Å². The van der Waals surface area contributed by atoms with Gasteiger partial charge in [-0.05, 0) is 59.9 Å². The van der Waals surface area contributed by atoms with E-state index in [4.69, 9.17) is 9.47 Å². The van der Waals surface area contributed by atoms with E-state index in [0.717, 1.165) is 51.7 Å². The quantitative estimate of drug-likeness (QED) is 0.632. The van der Waals surface area contributed by atoms with Crippen molar-refractivity contribution in [1.29, 1.82) is 0 Å². The number of ketones is 1. The molecule has 0 bridgehead atoms. The third kappa shape index (κ3) is 3.11. The fourth-order valence-corrected chi connectivity index (χ4v) is 4.70. The minimum Gasteiger partial charge on any atom is -0.454 e. The van der Waals surface area contributed by atoms with Crippen molar-refractivity contribution in [3.63, 3.8) is 0 Å². The van der Waals surface area contributed by atoms with Gasteiger partial charge in [0.1, 0.15) is 0 Å². The van der Waals surface area contributed by atoms with Crippen LogP contribution < -0.4 is 20.1 Å². The minimum atomic E-state index is -0.223. The molecule has 6 rings (SSSR count). The van der Waals surface area contributed by atoms with Crippen LogP contribution in [-0.2, 0) is 4.79 Å². The first-order valence-electron chi connectivity index (χ1n) is 10.4. The molecule has 6 nitrogen and oxygen atoms in total. The van der Waals surface area contributed by atoms with E-state index < -0.39 is 0 Å². The van der Waals surface area contributed by atoms with E-state index in [9.17, 15) is 4.79 Å². The van der Waals surface area contributed by atoms with Crippen LogP contribution >= 0.6 is 0 Å². The summed E-state index contributed by atoms with van der Waals surface area (Å²) in [5.41, 5.74) is 5.85. The summed E-state index contributed by atoms with van der Waals surface area (Å²) in [6.45, 7) is 0.245. The van der Waals surface area contributed by atoms with Crippen LogP contribution in [0.4, 0.5) is 11.4 Å². The van der Waals surface area contributed by atoms with Gasteiger partial charge in [0.2, 0.25) is 6.79 Å². The molecule has 0 spiro atoms. The van der Waals surface area contributed by atoms with Crippen molar-refractivity contribution in [3.8, 4) is 11.5 Å². The molecule has 0 unspecified atom stereocenters. The lowest BCUT2D eigenvalue weighted by Gasteiger charge is -2.30. The van der Waals surface area contributed by atoms with Crippen molar-refractivity contribution in [2.45, 2.75) is 24.8 Å². The molecule has 0 amide bonds. The van der Waals surface area contributed by atoms with Crippen LogP contribution in [0, 0.1) is 0 Å². The average Bonchev–Trinajstić information content (AvgIpc) is 3.20. The Morgan fingerprint density at radius 2 is 1.68 bits per heavy atom. The predicted octanol–water partition coefficient (Wildman–Crippen LogP) is 4.79. The first-order chi connectivity index (χ1) is 15.3. The van der Waals surface area contributed by atoms with E-state index in [2.05, 4.69) is 15.6 Å². The number of carbonyl (C=O) groups is 1. The van der Waals surface area contributed by atoms with E-state index in [1.165, 1.54) is 0 Å². The highest BCUT2D eigenvalue weighted by Crippen LogP contribution is 2.45. The summed E-state index contributed by atoms with van der Waals surface area (Å²) in [6, 6.07) is 17.8. The fourth-order valence-electron chi connectivity index (χ4n) is 4.70. The van der Waals surface area contributed by atoms with Crippen LogP contribution in [0.25, 0.3) is 0 Å². The zero-order chi connectivity index (χ0) is 20.8. The summed E-state index contributed by atoms with van der Waals surface area (Å²) in [6.07, 6.45) is 4.74. The number of para-hydroxylation sites is 2. The Morgan fingerprint density at radius 1 is 0.871 bits per heavy atom. The molecule has 3 aromatic rings. The molecule has 0 saturated heterocycles. The summed E-state index contributed by atoms with van der Waals surface area (Å²) >= 11 is 0. The molecule has 2 N–H and O–H groups in total. The van der Waals surface area contributed by atoms with Crippen molar-refractivity contribution in [2.24, 2.45) is 0 Å². The molecule has 2 aromatic carbocycles. The predicted molar refractivity (Wildman–Crippen MR) is 117 cm³/mol. The van der Waals surface area contributed by atoms with Gasteiger partial charge in [-0.15, -0.1) is 0 Å². The Morgan fingerprint density at radius 3 is 2.55 bits per heavy atom. The third-order valence-corrected chi connectivity index (χ3v) is 6.22. The zero-order valence-electron chi connectivity index (χ0n) is 16.8. The molecule has 0 radical (unpaired) electrons. The number of benzene rings is 2. The van der Waals surface area contributed by atoms with Crippen LogP contribution in [0.2, 0.25) is 0 Å². The van der Waals surface area contributed by atoms with Gasteiger partial charge >= 0.3 is 0 Å². The van der Waals surface area contributed by atoms with Crippen LogP contribution in [0.1, 0.15) is 35.9 Å². The number of hydrogen-bond acceptors (Lipinski definition) is 6. The SMILES string of the molecule is O=C1C[C@@H](c2ccc3c(c2)OCO3)CC2=C1[C@H](c1ccncc1)Nc1ccccc1N2. The normalized spacial score (nSPS) is 21.5. The first kappa shape index (κ1) is 18.0. The topological polar surface area (TPSA) is 72.5 Å². The standard InChI is InChI=1S/C25H21N3O3/c29-21-12-17(16-5-6-22-23(13-16)31-14-30-22)11-20-24(21)25(15-7-9-26-10-8-15)28-19-4-2-1-3-18(19)27-20/h1-10,13,17,25,27-28H,11-12,14H2/t17-,25-/m0/s1. The number of rotatable bonds is 2. The van der Waals surface area contributed by atoms with Gasteiger partial charge in [-0.25, -0.2) is 0 Å². The fraction of sp³-hybridized carbons (Fsp3) is 0.200. The van der Waals surface area contributed by atoms with E-state index in [0.29, 0.717) is 6.42 Å². The van der Waals surface area contributed by atoms with Gasteiger partial charge in [0, 0.05) is 30.1 Å². The Kier molecular flexibility index (Phi) is 4.16. The van der Waals surface area contributed by atoms with E-state index >= 15 is 0 Å². The van der Waals surface area contributed by atoms with E-state index in [1.54, 1.807) is 12.4 Å². The summed E-state index contributed by atoms with van der Waals surface area (Å²) in [7, 11) is 0. The van der Waals surface area contributed by atoms with Crippen molar-refractivity contribution < 1.29 is 14.3 Å². The maximum atomic E-state index is 13.5. The van der Waals surface area contributed by atoms with Crippen LogP contribution in [0.3, 0.4) is 0 Å². The number of anilines is 2. The minimum absolute atomic E-state index is 0.0802. The Balaban J connectivity index is 1.43. The molecular weight excluding hydrogens is 390 g/mol. The maximum Gasteiger partial charge on any atom is 0.231 e. The zero-order valence-corrected chi connectivity index (χ0v) is 16.8. The second-order valence-corrected chi connectivity index (χ2v) is 8.06. The highest BCUT2D eigenvalue weighted by molar-refractivity contribution is 6.01. The Labute approximate surface area is 179 Å². The number of hydrogen-bond donors (Lipinski definition) is 2. The van der Waals surface area contributed by atoms with Crippen LogP contribution in [0.5, 0.6) is 11.5 Å². The van der Waals surface area contributed by atoms with E-state index in [1.807, 2.05) is 54.6 Å². The number of fused-ring (bicyclic) bond motifs is 2. The monoisotopic (exact) mass is 411 g/mol. The Hall–Kier alpha value is -3.80. The van der Waals surface area contributed by atoms with Crippen molar-refractivity contribution in [1.82, 2.24) is 4.98 Å². The molecule has 2 aliphatic heterocycles. The number of pyridine rings is 1. The molecule has 2 atom stereocenters. The second kappa shape index (κ2) is 7.16. The van der Waals surface area contributed by atoms with Gasteiger partial charge < -0.3 is 20.1 Å². The number of aromatic nitrogens is 1. The van der Waals surface area contributed by atoms with Gasteiger partial charge in [-0.2, -0.15) is 0 Å². The number of carbonyl (C=O) groups excluding carboxylic acids is 1. The first-order valence-corrected chi connectivity index (χ1v) is 10.4. The number of allylic oxidation sites excluding steroid dienone is 1. The number of Topliss-reactive ketones (excluding diaryl/α,β-unsaturated/α-hetero) is 1. The lowest BCUT2D eigenvalue weighted by molar-refractivity contribution is -0.116. The second-order valence-electron chi connectivity index (χ2n) is 8.06. The number of ether oxygens (including phenoxy) is 2. The van der Waals surface area contributed by atoms with Gasteiger partial charge in [0.05, 0.1) is 17.4 Å². The highest BCUT2D eigenvalue weighted by Gasteiger charge is 2.36. The summed E-state index contributed by atoms with van der Waals surface area (Å²) in [5.74, 6) is 1.74. The number of nitrogens with zero attached hydrogens (tertiary/aromatic N) is 1.